The number of amides is 1. The zero-order valence-corrected chi connectivity index (χ0v) is 16.4. The first-order chi connectivity index (χ1) is 10.7. The average Bonchev–Trinajstić information content (AvgIpc) is 2.48. The van der Waals surface area contributed by atoms with Gasteiger partial charge in [-0.2, -0.15) is 0 Å². The second-order valence-electron chi connectivity index (χ2n) is 6.91. The molecule has 0 spiro atoms. The van der Waals surface area contributed by atoms with Crippen LogP contribution < -0.4 is 4.90 Å². The monoisotopic (exact) mass is 402 g/mol. The van der Waals surface area contributed by atoms with Crippen LogP contribution in [0.15, 0.2) is 22.7 Å². The summed E-state index contributed by atoms with van der Waals surface area (Å²) in [7, 11) is 2.09. The lowest BCUT2D eigenvalue weighted by molar-refractivity contribution is 0.0205. The highest BCUT2D eigenvalue weighted by molar-refractivity contribution is 9.10. The maximum Gasteiger partial charge on any atom is 0.410 e. The highest BCUT2D eigenvalue weighted by Crippen LogP contribution is 2.29. The number of carbonyl (C=O) groups is 1. The van der Waals surface area contributed by atoms with Crippen molar-refractivity contribution in [3.63, 3.8) is 0 Å². The standard InChI is InChI=1S/C17H24BrClN2O2/c1-17(2,3)23-16(22)21-9-7-12(8-10-21)20(4)13-5-6-15(19)14(18)11-13/h5-6,11-12H,7-10H2,1-4H3. The van der Waals surface area contributed by atoms with E-state index in [9.17, 15) is 4.79 Å². The van der Waals surface area contributed by atoms with Gasteiger partial charge in [0.1, 0.15) is 5.60 Å². The van der Waals surface area contributed by atoms with Crippen LogP contribution in [0.2, 0.25) is 5.02 Å². The summed E-state index contributed by atoms with van der Waals surface area (Å²) in [6.45, 7) is 7.12. The number of ether oxygens (including phenoxy) is 1. The fourth-order valence-electron chi connectivity index (χ4n) is 2.68. The molecule has 128 valence electrons. The smallest absolute Gasteiger partial charge is 0.410 e. The van der Waals surface area contributed by atoms with Gasteiger partial charge in [-0.05, 0) is 67.7 Å². The molecule has 2 rings (SSSR count). The van der Waals surface area contributed by atoms with Crippen molar-refractivity contribution < 1.29 is 9.53 Å². The number of likely N-dealkylation sites (tertiary alicyclic amines) is 1. The Morgan fingerprint density at radius 2 is 1.96 bits per heavy atom. The number of carbonyl (C=O) groups excluding carboxylic acids is 1. The Labute approximate surface area is 151 Å². The number of nitrogens with zero attached hydrogens (tertiary/aromatic N) is 2. The minimum atomic E-state index is -0.444. The third kappa shape index (κ3) is 5.01. The Kier molecular flexibility index (Phi) is 5.84. The summed E-state index contributed by atoms with van der Waals surface area (Å²) in [5.41, 5.74) is 0.678. The summed E-state index contributed by atoms with van der Waals surface area (Å²) >= 11 is 9.52. The van der Waals surface area contributed by atoms with Gasteiger partial charge in [-0.15, -0.1) is 0 Å². The Bertz CT molecular complexity index is 566. The Hall–Kier alpha value is -0.940. The van der Waals surface area contributed by atoms with Crippen molar-refractivity contribution in [2.45, 2.75) is 45.3 Å². The van der Waals surface area contributed by atoms with Crippen LogP contribution in [0.3, 0.4) is 0 Å². The van der Waals surface area contributed by atoms with Crippen LogP contribution in [0.25, 0.3) is 0 Å². The number of halogens is 2. The summed E-state index contributed by atoms with van der Waals surface area (Å²) in [6, 6.07) is 6.35. The lowest BCUT2D eigenvalue weighted by Crippen LogP contribution is -2.47. The van der Waals surface area contributed by atoms with E-state index >= 15 is 0 Å². The van der Waals surface area contributed by atoms with Crippen LogP contribution in [0.4, 0.5) is 10.5 Å². The molecule has 1 aromatic rings. The van der Waals surface area contributed by atoms with E-state index in [1.807, 2.05) is 39.0 Å². The molecular formula is C17H24BrClN2O2. The van der Waals surface area contributed by atoms with Gasteiger partial charge in [0.2, 0.25) is 0 Å². The molecule has 1 heterocycles. The first kappa shape index (κ1) is 18.4. The molecule has 4 nitrogen and oxygen atoms in total. The van der Waals surface area contributed by atoms with Gasteiger partial charge >= 0.3 is 6.09 Å². The molecule has 1 saturated heterocycles. The van der Waals surface area contributed by atoms with E-state index in [1.165, 1.54) is 0 Å². The third-order valence-electron chi connectivity index (χ3n) is 3.97. The predicted molar refractivity (Wildman–Crippen MR) is 98.4 cm³/mol. The first-order valence-corrected chi connectivity index (χ1v) is 9.00. The molecule has 6 heteroatoms. The number of benzene rings is 1. The Balaban J connectivity index is 1.93. The quantitative estimate of drug-likeness (QED) is 0.701. The lowest BCUT2D eigenvalue weighted by atomic mass is 10.0. The fourth-order valence-corrected chi connectivity index (χ4v) is 3.16. The molecule has 0 radical (unpaired) electrons. The summed E-state index contributed by atoms with van der Waals surface area (Å²) in [4.78, 5) is 16.2. The number of hydrogen-bond donors (Lipinski definition) is 0. The minimum absolute atomic E-state index is 0.215. The van der Waals surface area contributed by atoms with E-state index in [-0.39, 0.29) is 6.09 Å². The molecule has 1 aromatic carbocycles. The lowest BCUT2D eigenvalue weighted by Gasteiger charge is -2.38. The van der Waals surface area contributed by atoms with Crippen molar-refractivity contribution in [3.05, 3.63) is 27.7 Å². The van der Waals surface area contributed by atoms with E-state index in [1.54, 1.807) is 4.90 Å². The number of hydrogen-bond acceptors (Lipinski definition) is 3. The van der Waals surface area contributed by atoms with Crippen molar-refractivity contribution in [2.75, 3.05) is 25.0 Å². The van der Waals surface area contributed by atoms with Crippen molar-refractivity contribution in [2.24, 2.45) is 0 Å². The van der Waals surface area contributed by atoms with E-state index in [4.69, 9.17) is 16.3 Å². The summed E-state index contributed by atoms with van der Waals surface area (Å²) in [5.74, 6) is 0. The van der Waals surface area contributed by atoms with Gasteiger partial charge in [0.15, 0.2) is 0 Å². The van der Waals surface area contributed by atoms with Crippen LogP contribution >= 0.6 is 27.5 Å². The zero-order chi connectivity index (χ0) is 17.2. The molecule has 0 bridgehead atoms. The van der Waals surface area contributed by atoms with Gasteiger partial charge in [-0.3, -0.25) is 0 Å². The van der Waals surface area contributed by atoms with E-state index in [0.29, 0.717) is 11.1 Å². The molecule has 0 aromatic heterocycles. The van der Waals surface area contributed by atoms with E-state index in [2.05, 4.69) is 27.9 Å². The average molecular weight is 404 g/mol. The van der Waals surface area contributed by atoms with Gasteiger partial charge in [0.25, 0.3) is 0 Å². The van der Waals surface area contributed by atoms with Gasteiger partial charge in [-0.1, -0.05) is 11.6 Å². The van der Waals surface area contributed by atoms with Crippen LogP contribution in [-0.4, -0.2) is 42.8 Å². The molecule has 1 aliphatic heterocycles. The van der Waals surface area contributed by atoms with Crippen LogP contribution in [-0.2, 0) is 4.74 Å². The van der Waals surface area contributed by atoms with Crippen molar-refractivity contribution in [1.82, 2.24) is 4.90 Å². The third-order valence-corrected chi connectivity index (χ3v) is 5.19. The molecule has 1 aliphatic rings. The van der Waals surface area contributed by atoms with Crippen molar-refractivity contribution in [3.8, 4) is 0 Å². The van der Waals surface area contributed by atoms with Gasteiger partial charge in [0, 0.05) is 36.3 Å². The van der Waals surface area contributed by atoms with Gasteiger partial charge < -0.3 is 14.5 Å². The largest absolute Gasteiger partial charge is 0.444 e. The zero-order valence-electron chi connectivity index (χ0n) is 14.1. The molecular weight excluding hydrogens is 380 g/mol. The topological polar surface area (TPSA) is 32.8 Å². The van der Waals surface area contributed by atoms with Gasteiger partial charge in [0.05, 0.1) is 5.02 Å². The summed E-state index contributed by atoms with van der Waals surface area (Å²) in [6.07, 6.45) is 1.64. The maximum absolute atomic E-state index is 12.1. The number of anilines is 1. The SMILES string of the molecule is CN(c1ccc(Cl)c(Br)c1)C1CCN(C(=O)OC(C)(C)C)CC1. The predicted octanol–water partition coefficient (Wildman–Crippen LogP) is 4.94. The minimum Gasteiger partial charge on any atom is -0.444 e. The second-order valence-corrected chi connectivity index (χ2v) is 8.17. The molecule has 0 atom stereocenters. The van der Waals surface area contributed by atoms with Crippen LogP contribution in [0.5, 0.6) is 0 Å². The highest BCUT2D eigenvalue weighted by atomic mass is 79.9. The fraction of sp³-hybridized carbons (Fsp3) is 0.588. The highest BCUT2D eigenvalue weighted by Gasteiger charge is 2.28. The maximum atomic E-state index is 12.1. The van der Waals surface area contributed by atoms with E-state index in [0.717, 1.165) is 36.1 Å². The Morgan fingerprint density at radius 3 is 2.48 bits per heavy atom. The molecule has 1 fully saturated rings. The van der Waals surface area contributed by atoms with Gasteiger partial charge in [-0.25, -0.2) is 4.79 Å². The molecule has 23 heavy (non-hydrogen) atoms. The molecule has 1 amide bonds. The Morgan fingerprint density at radius 1 is 1.35 bits per heavy atom. The summed E-state index contributed by atoms with van der Waals surface area (Å²) in [5, 5.41) is 0.710. The van der Waals surface area contributed by atoms with Crippen LogP contribution in [0, 0.1) is 0 Å². The van der Waals surface area contributed by atoms with Crippen molar-refractivity contribution >= 4 is 39.3 Å². The molecule has 0 saturated carbocycles. The number of rotatable bonds is 2. The normalized spacial score (nSPS) is 16.3. The van der Waals surface area contributed by atoms with Crippen molar-refractivity contribution in [1.29, 1.82) is 0 Å². The second kappa shape index (κ2) is 7.31. The van der Waals surface area contributed by atoms with Crippen LogP contribution in [0.1, 0.15) is 33.6 Å². The van der Waals surface area contributed by atoms with E-state index < -0.39 is 5.60 Å². The first-order valence-electron chi connectivity index (χ1n) is 7.83. The molecule has 0 N–H and O–H groups in total. The number of piperidine rings is 1. The molecule has 0 unspecified atom stereocenters. The molecule has 0 aliphatic carbocycles. The summed E-state index contributed by atoms with van der Waals surface area (Å²) < 4.78 is 6.34.